The number of nitrogens with one attached hydrogen (secondary N) is 1. The molecule has 1 N–H and O–H groups in total. The highest BCUT2D eigenvalue weighted by Gasteiger charge is 2.09. The summed E-state index contributed by atoms with van der Waals surface area (Å²) in [5, 5.41) is 11.7. The molecular weight excluding hydrogens is 219 g/mol. The van der Waals surface area contributed by atoms with E-state index in [0.29, 0.717) is 5.69 Å². The van der Waals surface area contributed by atoms with Crippen molar-refractivity contribution in [3.8, 4) is 6.07 Å². The third kappa shape index (κ3) is 2.45. The predicted octanol–water partition coefficient (Wildman–Crippen LogP) is 3.46. The number of anilines is 1. The van der Waals surface area contributed by atoms with Crippen LogP contribution in [0.5, 0.6) is 0 Å². The van der Waals surface area contributed by atoms with Gasteiger partial charge in [-0.1, -0.05) is 0 Å². The maximum Gasteiger partial charge on any atom is 0.143 e. The summed E-state index contributed by atoms with van der Waals surface area (Å²) in [6, 6.07) is 9.79. The number of furan rings is 1. The van der Waals surface area contributed by atoms with Gasteiger partial charge in [0.05, 0.1) is 17.9 Å². The van der Waals surface area contributed by atoms with Gasteiger partial charge < -0.3 is 9.73 Å². The summed E-state index contributed by atoms with van der Waals surface area (Å²) in [5.74, 6) is 0.249. The number of hydrogen-bond donors (Lipinski definition) is 1. The second kappa shape index (κ2) is 4.71. The molecule has 1 aromatic heterocycles. The molecule has 0 fully saturated rings. The van der Waals surface area contributed by atoms with Crippen molar-refractivity contribution < 1.29 is 8.81 Å². The van der Waals surface area contributed by atoms with E-state index in [1.165, 1.54) is 12.1 Å². The predicted molar refractivity (Wildman–Crippen MR) is 61.9 cm³/mol. The second-order valence-corrected chi connectivity index (χ2v) is 3.69. The van der Waals surface area contributed by atoms with Gasteiger partial charge in [0.2, 0.25) is 0 Å². The lowest BCUT2D eigenvalue weighted by atomic mass is 10.2. The molecule has 0 aliphatic rings. The van der Waals surface area contributed by atoms with Crippen LogP contribution in [0.4, 0.5) is 10.1 Å². The Bertz CT molecular complexity index is 543. The van der Waals surface area contributed by atoms with E-state index in [1.54, 1.807) is 24.5 Å². The van der Waals surface area contributed by atoms with E-state index in [-0.39, 0.29) is 11.6 Å². The zero-order chi connectivity index (χ0) is 12.3. The first-order valence-corrected chi connectivity index (χ1v) is 5.20. The highest BCUT2D eigenvalue weighted by molar-refractivity contribution is 5.49. The minimum Gasteiger partial charge on any atom is -0.467 e. The molecule has 3 nitrogen and oxygen atoms in total. The zero-order valence-electron chi connectivity index (χ0n) is 9.27. The Morgan fingerprint density at radius 3 is 2.82 bits per heavy atom. The monoisotopic (exact) mass is 230 g/mol. The molecule has 0 aliphatic carbocycles. The number of benzene rings is 1. The molecule has 1 unspecified atom stereocenters. The van der Waals surface area contributed by atoms with Crippen LogP contribution in [-0.2, 0) is 0 Å². The van der Waals surface area contributed by atoms with Crippen LogP contribution in [0.2, 0.25) is 0 Å². The van der Waals surface area contributed by atoms with Gasteiger partial charge >= 0.3 is 0 Å². The van der Waals surface area contributed by atoms with Gasteiger partial charge in [0.1, 0.15) is 17.6 Å². The summed E-state index contributed by atoms with van der Waals surface area (Å²) in [7, 11) is 0. The Morgan fingerprint density at radius 1 is 1.41 bits per heavy atom. The molecule has 2 aromatic rings. The average molecular weight is 230 g/mol. The number of nitriles is 1. The molecule has 1 aromatic carbocycles. The van der Waals surface area contributed by atoms with Gasteiger partial charge in [-0.15, -0.1) is 0 Å². The Hall–Kier alpha value is -2.28. The summed E-state index contributed by atoms with van der Waals surface area (Å²) in [6.45, 7) is 1.91. The summed E-state index contributed by atoms with van der Waals surface area (Å²) in [6.07, 6.45) is 1.59. The minimum absolute atomic E-state index is 0.0428. The van der Waals surface area contributed by atoms with Crippen molar-refractivity contribution in [2.75, 3.05) is 5.32 Å². The Kier molecular flexibility index (Phi) is 3.10. The van der Waals surface area contributed by atoms with Crippen LogP contribution in [0.1, 0.15) is 24.3 Å². The van der Waals surface area contributed by atoms with Crippen LogP contribution in [0.3, 0.4) is 0 Å². The second-order valence-electron chi connectivity index (χ2n) is 3.69. The van der Waals surface area contributed by atoms with Gasteiger partial charge in [0.15, 0.2) is 0 Å². The van der Waals surface area contributed by atoms with E-state index in [9.17, 15) is 4.39 Å². The maximum atomic E-state index is 13.4. The van der Waals surface area contributed by atoms with Crippen LogP contribution in [0.15, 0.2) is 41.0 Å². The van der Waals surface area contributed by atoms with Gasteiger partial charge in [0.25, 0.3) is 0 Å². The van der Waals surface area contributed by atoms with Gasteiger partial charge in [-0.05, 0) is 37.3 Å². The largest absolute Gasteiger partial charge is 0.467 e. The molecule has 17 heavy (non-hydrogen) atoms. The molecule has 0 bridgehead atoms. The third-order valence-electron chi connectivity index (χ3n) is 2.44. The van der Waals surface area contributed by atoms with E-state index >= 15 is 0 Å². The summed E-state index contributed by atoms with van der Waals surface area (Å²) in [4.78, 5) is 0. The lowest BCUT2D eigenvalue weighted by Gasteiger charge is -2.12. The van der Waals surface area contributed by atoms with Gasteiger partial charge in [-0.2, -0.15) is 5.26 Å². The lowest BCUT2D eigenvalue weighted by molar-refractivity contribution is 0.490. The lowest BCUT2D eigenvalue weighted by Crippen LogP contribution is -2.05. The molecule has 1 heterocycles. The highest BCUT2D eigenvalue weighted by Crippen LogP contribution is 2.21. The first-order chi connectivity index (χ1) is 8.20. The van der Waals surface area contributed by atoms with Crippen LogP contribution < -0.4 is 5.32 Å². The van der Waals surface area contributed by atoms with Crippen molar-refractivity contribution in [1.82, 2.24) is 0 Å². The van der Waals surface area contributed by atoms with Crippen molar-refractivity contribution in [1.29, 1.82) is 5.26 Å². The molecular formula is C13H11FN2O. The topological polar surface area (TPSA) is 49.0 Å². The molecule has 0 radical (unpaired) electrons. The van der Waals surface area contributed by atoms with Crippen LogP contribution >= 0.6 is 0 Å². The fraction of sp³-hybridized carbons (Fsp3) is 0.154. The third-order valence-corrected chi connectivity index (χ3v) is 2.44. The highest BCUT2D eigenvalue weighted by atomic mass is 19.1. The van der Waals surface area contributed by atoms with Gasteiger partial charge in [-0.3, -0.25) is 0 Å². The first kappa shape index (κ1) is 11.2. The fourth-order valence-corrected chi connectivity index (χ4v) is 1.55. The van der Waals surface area contributed by atoms with Crippen LogP contribution in [-0.4, -0.2) is 0 Å². The van der Waals surface area contributed by atoms with Crippen molar-refractivity contribution in [2.45, 2.75) is 13.0 Å². The molecule has 86 valence electrons. The molecule has 0 aliphatic heterocycles. The SMILES string of the molecule is CC(Nc1ccc(C#N)c(F)c1)c1ccco1. The summed E-state index contributed by atoms with van der Waals surface area (Å²) < 4.78 is 18.6. The molecule has 4 heteroatoms. The smallest absolute Gasteiger partial charge is 0.143 e. The first-order valence-electron chi connectivity index (χ1n) is 5.20. The number of nitrogens with zero attached hydrogens (tertiary/aromatic N) is 1. The van der Waals surface area contributed by atoms with E-state index in [0.717, 1.165) is 5.76 Å². The number of rotatable bonds is 3. The van der Waals surface area contributed by atoms with Crippen LogP contribution in [0, 0.1) is 17.1 Å². The van der Waals surface area contributed by atoms with Crippen molar-refractivity contribution in [3.63, 3.8) is 0 Å². The van der Waals surface area contributed by atoms with Crippen molar-refractivity contribution >= 4 is 5.69 Å². The van der Waals surface area contributed by atoms with Gasteiger partial charge in [-0.25, -0.2) is 4.39 Å². The number of hydrogen-bond acceptors (Lipinski definition) is 3. The van der Waals surface area contributed by atoms with Gasteiger partial charge in [0, 0.05) is 5.69 Å². The van der Waals surface area contributed by atoms with E-state index < -0.39 is 5.82 Å². The molecule has 0 saturated carbocycles. The zero-order valence-corrected chi connectivity index (χ0v) is 9.27. The number of halogens is 1. The minimum atomic E-state index is -0.524. The normalized spacial score (nSPS) is 11.8. The summed E-state index contributed by atoms with van der Waals surface area (Å²) >= 11 is 0. The molecule has 0 amide bonds. The van der Waals surface area contributed by atoms with Crippen LogP contribution in [0.25, 0.3) is 0 Å². The fourth-order valence-electron chi connectivity index (χ4n) is 1.55. The van der Waals surface area contributed by atoms with E-state index in [1.807, 2.05) is 13.0 Å². The quantitative estimate of drug-likeness (QED) is 0.878. The Balaban J connectivity index is 2.15. The van der Waals surface area contributed by atoms with E-state index in [2.05, 4.69) is 5.32 Å². The average Bonchev–Trinajstić information content (AvgIpc) is 2.82. The Morgan fingerprint density at radius 2 is 2.24 bits per heavy atom. The van der Waals surface area contributed by atoms with E-state index in [4.69, 9.17) is 9.68 Å². The molecule has 2 rings (SSSR count). The molecule has 0 saturated heterocycles. The standard InChI is InChI=1S/C13H11FN2O/c1-9(13-3-2-6-17-13)16-11-5-4-10(8-15)12(14)7-11/h2-7,9,16H,1H3. The van der Waals surface area contributed by atoms with Crippen molar-refractivity contribution in [2.24, 2.45) is 0 Å². The molecule has 0 spiro atoms. The van der Waals surface area contributed by atoms with Crippen molar-refractivity contribution in [3.05, 3.63) is 53.7 Å². The Labute approximate surface area is 98.5 Å². The maximum absolute atomic E-state index is 13.4. The summed E-state index contributed by atoms with van der Waals surface area (Å²) in [5.41, 5.74) is 0.659. The molecule has 1 atom stereocenters.